The standard InChI is InChI=1S/2C4H6N4O2.H2O/c2*9-3-5-1-2(7-3)8-4(10)6-1;/h2*1-2H,(H2,5,7,9)(H2,6,8,10);1H2. The molecule has 4 fully saturated rings. The first-order valence-corrected chi connectivity index (χ1v) is 5.79. The number of nitrogens with one attached hydrogen (secondary N) is 8. The van der Waals surface area contributed by atoms with E-state index in [0.717, 1.165) is 0 Å². The van der Waals surface area contributed by atoms with Gasteiger partial charge in [-0.2, -0.15) is 0 Å². The van der Waals surface area contributed by atoms with E-state index in [1.165, 1.54) is 0 Å². The summed E-state index contributed by atoms with van der Waals surface area (Å²) in [6.45, 7) is 0. The number of hydrogen-bond acceptors (Lipinski definition) is 4. The first-order valence-electron chi connectivity index (χ1n) is 5.79. The van der Waals surface area contributed by atoms with Crippen LogP contribution in [-0.4, -0.2) is 54.3 Å². The van der Waals surface area contributed by atoms with Crippen LogP contribution in [0.1, 0.15) is 0 Å². The molecule has 0 spiro atoms. The van der Waals surface area contributed by atoms with Crippen molar-refractivity contribution in [3.05, 3.63) is 0 Å². The van der Waals surface area contributed by atoms with Gasteiger partial charge in [0.05, 0.1) is 0 Å². The van der Waals surface area contributed by atoms with Crippen molar-refractivity contribution in [3.8, 4) is 0 Å². The second-order valence-corrected chi connectivity index (χ2v) is 4.38. The molecule has 0 radical (unpaired) electrons. The van der Waals surface area contributed by atoms with Crippen molar-refractivity contribution in [3.63, 3.8) is 0 Å². The van der Waals surface area contributed by atoms with E-state index in [2.05, 4.69) is 42.5 Å². The van der Waals surface area contributed by atoms with Crippen LogP contribution in [0, 0.1) is 0 Å². The lowest BCUT2D eigenvalue weighted by atomic mass is 10.4. The Morgan fingerprint density at radius 1 is 0.429 bits per heavy atom. The van der Waals surface area contributed by atoms with Gasteiger partial charge in [0.25, 0.3) is 0 Å². The Kier molecular flexibility index (Phi) is 3.58. The minimum atomic E-state index is -0.292. The summed E-state index contributed by atoms with van der Waals surface area (Å²) in [5, 5.41) is 20.0. The third-order valence-electron chi connectivity index (χ3n) is 2.96. The van der Waals surface area contributed by atoms with E-state index in [1.807, 2.05) is 0 Å². The Balaban J connectivity index is 0.000000147. The largest absolute Gasteiger partial charge is 0.412 e. The summed E-state index contributed by atoms with van der Waals surface area (Å²) in [4.78, 5) is 42.2. The SMILES string of the molecule is O.O=C1NC2NC(=O)NC2N1.O=C1NC2NC(=O)NC2N1. The van der Waals surface area contributed by atoms with Crippen molar-refractivity contribution in [2.45, 2.75) is 24.7 Å². The highest BCUT2D eigenvalue weighted by Crippen LogP contribution is 2.01. The fourth-order valence-electron chi connectivity index (χ4n) is 2.11. The Morgan fingerprint density at radius 3 is 0.714 bits per heavy atom. The molecule has 0 saturated carbocycles. The third-order valence-corrected chi connectivity index (χ3v) is 2.96. The summed E-state index contributed by atoms with van der Waals surface area (Å²) in [5.41, 5.74) is 0. The molecule has 13 heteroatoms. The first kappa shape index (κ1) is 14.4. The van der Waals surface area contributed by atoms with Crippen molar-refractivity contribution in [1.82, 2.24) is 42.5 Å². The third kappa shape index (κ3) is 2.81. The fourth-order valence-corrected chi connectivity index (χ4v) is 2.11. The highest BCUT2D eigenvalue weighted by molar-refractivity contribution is 5.85. The van der Waals surface area contributed by atoms with Crippen LogP contribution in [-0.2, 0) is 0 Å². The van der Waals surface area contributed by atoms with Crippen LogP contribution >= 0.6 is 0 Å². The van der Waals surface area contributed by atoms with Crippen molar-refractivity contribution >= 4 is 24.1 Å². The second kappa shape index (κ2) is 5.20. The molecule has 0 bridgehead atoms. The van der Waals surface area contributed by atoms with Gasteiger partial charge >= 0.3 is 24.1 Å². The summed E-state index contributed by atoms with van der Waals surface area (Å²) in [5.74, 6) is 0. The molecule has 0 atom stereocenters. The summed E-state index contributed by atoms with van der Waals surface area (Å²) in [6.07, 6.45) is -1.17. The Morgan fingerprint density at radius 2 is 0.571 bits per heavy atom. The van der Waals surface area contributed by atoms with Gasteiger partial charge in [0.15, 0.2) is 0 Å². The molecule has 21 heavy (non-hydrogen) atoms. The van der Waals surface area contributed by atoms with Gasteiger partial charge in [0.2, 0.25) is 0 Å². The zero-order valence-corrected chi connectivity index (χ0v) is 10.4. The number of urea groups is 4. The number of rotatable bonds is 0. The summed E-state index contributed by atoms with van der Waals surface area (Å²) < 4.78 is 0. The highest BCUT2D eigenvalue weighted by Gasteiger charge is 2.39. The molecule has 10 N–H and O–H groups in total. The minimum absolute atomic E-state index is 0. The first-order chi connectivity index (χ1) is 9.51. The van der Waals surface area contributed by atoms with Gasteiger partial charge < -0.3 is 48.0 Å². The fraction of sp³-hybridized carbons (Fsp3) is 0.500. The van der Waals surface area contributed by atoms with Gasteiger partial charge in [-0.1, -0.05) is 0 Å². The Bertz CT molecular complexity index is 377. The van der Waals surface area contributed by atoms with E-state index in [9.17, 15) is 19.2 Å². The van der Waals surface area contributed by atoms with Crippen LogP contribution in [0.3, 0.4) is 0 Å². The molecule has 0 aromatic rings. The van der Waals surface area contributed by atoms with Crippen LogP contribution < -0.4 is 42.5 Å². The maximum absolute atomic E-state index is 10.5. The quantitative estimate of drug-likeness (QED) is 0.224. The molecule has 4 saturated heterocycles. The van der Waals surface area contributed by atoms with Gasteiger partial charge in [0, 0.05) is 0 Å². The second-order valence-electron chi connectivity index (χ2n) is 4.38. The summed E-state index contributed by atoms with van der Waals surface area (Å²) in [7, 11) is 0. The maximum Gasteiger partial charge on any atom is 0.318 e. The smallest absolute Gasteiger partial charge is 0.318 e. The van der Waals surface area contributed by atoms with Crippen molar-refractivity contribution in [2.24, 2.45) is 0 Å². The minimum Gasteiger partial charge on any atom is -0.412 e. The average Bonchev–Trinajstić information content (AvgIpc) is 2.98. The lowest BCUT2D eigenvalue weighted by Crippen LogP contribution is -2.39. The molecule has 116 valence electrons. The Labute approximate surface area is 117 Å². The molecule has 0 aromatic heterocycles. The molecule has 0 unspecified atom stereocenters. The van der Waals surface area contributed by atoms with Crippen LogP contribution in [0.2, 0.25) is 0 Å². The molecule has 4 heterocycles. The molecule has 8 amide bonds. The van der Waals surface area contributed by atoms with Crippen LogP contribution in [0.15, 0.2) is 0 Å². The molecule has 13 nitrogen and oxygen atoms in total. The van der Waals surface area contributed by atoms with Crippen LogP contribution in [0.5, 0.6) is 0 Å². The van der Waals surface area contributed by atoms with Gasteiger partial charge in [0.1, 0.15) is 24.7 Å². The number of hydrogen-bond donors (Lipinski definition) is 8. The topological polar surface area (TPSA) is 196 Å². The van der Waals surface area contributed by atoms with E-state index in [0.29, 0.717) is 0 Å². The lowest BCUT2D eigenvalue weighted by molar-refractivity contribution is 0.237. The molecule has 0 aromatic carbocycles. The molecule has 4 aliphatic rings. The van der Waals surface area contributed by atoms with E-state index in [4.69, 9.17) is 0 Å². The molecular formula is C8H14N8O5. The molecule has 4 rings (SSSR count). The summed E-state index contributed by atoms with van der Waals surface area (Å²) >= 11 is 0. The van der Waals surface area contributed by atoms with Crippen molar-refractivity contribution < 1.29 is 24.7 Å². The predicted molar refractivity (Wildman–Crippen MR) is 65.4 cm³/mol. The number of fused-ring (bicyclic) bond motifs is 2. The summed E-state index contributed by atoms with van der Waals surface area (Å²) in [6, 6.07) is -1.05. The van der Waals surface area contributed by atoms with Crippen molar-refractivity contribution in [2.75, 3.05) is 0 Å². The average molecular weight is 302 g/mol. The van der Waals surface area contributed by atoms with E-state index < -0.39 is 0 Å². The molecule has 0 aliphatic carbocycles. The normalized spacial score (nSPS) is 33.9. The maximum atomic E-state index is 10.5. The predicted octanol–water partition coefficient (Wildman–Crippen LogP) is -4.30. The van der Waals surface area contributed by atoms with Crippen LogP contribution in [0.4, 0.5) is 19.2 Å². The van der Waals surface area contributed by atoms with Gasteiger partial charge in [-0.15, -0.1) is 0 Å². The highest BCUT2D eigenvalue weighted by atomic mass is 16.2. The zero-order chi connectivity index (χ0) is 14.3. The monoisotopic (exact) mass is 302 g/mol. The number of carbonyl (C=O) groups is 4. The van der Waals surface area contributed by atoms with E-state index in [1.54, 1.807) is 0 Å². The Hall–Kier alpha value is -2.96. The lowest BCUT2D eigenvalue weighted by Gasteiger charge is -2.02. The van der Waals surface area contributed by atoms with Gasteiger partial charge in [-0.3, -0.25) is 0 Å². The van der Waals surface area contributed by atoms with Crippen molar-refractivity contribution in [1.29, 1.82) is 0 Å². The molecule has 4 aliphatic heterocycles. The zero-order valence-electron chi connectivity index (χ0n) is 10.4. The van der Waals surface area contributed by atoms with E-state index >= 15 is 0 Å². The van der Waals surface area contributed by atoms with Crippen LogP contribution in [0.25, 0.3) is 0 Å². The number of amides is 8. The molecular weight excluding hydrogens is 288 g/mol. The number of carbonyl (C=O) groups excluding carboxylic acids is 4. The van der Waals surface area contributed by atoms with Gasteiger partial charge in [-0.05, 0) is 0 Å². The van der Waals surface area contributed by atoms with Gasteiger partial charge in [-0.25, -0.2) is 19.2 Å². The van der Waals surface area contributed by atoms with E-state index in [-0.39, 0.29) is 54.3 Å².